The molecule has 0 unspecified atom stereocenters. The number of thioether (sulfide) groups is 1. The molecular weight excluding hydrogens is 210 g/mol. The molecule has 1 saturated heterocycles. The summed E-state index contributed by atoms with van der Waals surface area (Å²) in [4.78, 5) is 22.6. The zero-order valence-electron chi connectivity index (χ0n) is 6.60. The SMILES string of the molecule is O=C(O)/C=C/CN1C(=O)CSC1=S. The van der Waals surface area contributed by atoms with Gasteiger partial charge in [-0.1, -0.05) is 30.1 Å². The molecule has 0 radical (unpaired) electrons. The highest BCUT2D eigenvalue weighted by Gasteiger charge is 2.24. The van der Waals surface area contributed by atoms with Crippen LogP contribution in [0, 0.1) is 0 Å². The molecule has 1 aliphatic rings. The summed E-state index contributed by atoms with van der Waals surface area (Å²) >= 11 is 6.18. The molecule has 4 nitrogen and oxygen atoms in total. The van der Waals surface area contributed by atoms with Crippen molar-refractivity contribution < 1.29 is 14.7 Å². The molecular formula is C7H7NO3S2. The summed E-state index contributed by atoms with van der Waals surface area (Å²) in [5, 5.41) is 8.29. The molecule has 1 rings (SSSR count). The van der Waals surface area contributed by atoms with Gasteiger partial charge in [-0.3, -0.25) is 9.69 Å². The minimum Gasteiger partial charge on any atom is -0.478 e. The lowest BCUT2D eigenvalue weighted by atomic mass is 10.4. The lowest BCUT2D eigenvalue weighted by molar-refractivity contribution is -0.131. The number of hydrogen-bond donors (Lipinski definition) is 1. The zero-order valence-corrected chi connectivity index (χ0v) is 8.23. The van der Waals surface area contributed by atoms with Gasteiger partial charge in [-0.25, -0.2) is 4.79 Å². The van der Waals surface area contributed by atoms with Crippen LogP contribution in [-0.2, 0) is 9.59 Å². The van der Waals surface area contributed by atoms with E-state index in [9.17, 15) is 9.59 Å². The molecule has 1 amide bonds. The third-order valence-corrected chi connectivity index (χ3v) is 2.82. The molecule has 6 heteroatoms. The van der Waals surface area contributed by atoms with E-state index >= 15 is 0 Å². The molecule has 0 aromatic rings. The van der Waals surface area contributed by atoms with Gasteiger partial charge in [0.15, 0.2) is 0 Å². The van der Waals surface area contributed by atoms with Crippen LogP contribution >= 0.6 is 24.0 Å². The van der Waals surface area contributed by atoms with Crippen molar-refractivity contribution in [3.05, 3.63) is 12.2 Å². The standard InChI is InChI=1S/C7H7NO3S2/c9-5-4-13-7(12)8(5)3-1-2-6(10)11/h1-2H,3-4H2,(H,10,11)/b2-1+. The van der Waals surface area contributed by atoms with E-state index in [1.165, 1.54) is 22.7 Å². The number of aliphatic carboxylic acids is 1. The Balaban J connectivity index is 2.49. The van der Waals surface area contributed by atoms with Gasteiger partial charge < -0.3 is 5.11 Å². The Morgan fingerprint density at radius 3 is 2.92 bits per heavy atom. The molecule has 13 heavy (non-hydrogen) atoms. The zero-order chi connectivity index (χ0) is 9.84. The Bertz CT molecular complexity index is 271. The number of carboxylic acid groups (broad SMARTS) is 1. The second kappa shape index (κ2) is 4.38. The Morgan fingerprint density at radius 2 is 2.46 bits per heavy atom. The predicted molar refractivity (Wildman–Crippen MR) is 53.5 cm³/mol. The fourth-order valence-corrected chi connectivity index (χ4v) is 1.90. The van der Waals surface area contributed by atoms with Crippen molar-refractivity contribution in [2.75, 3.05) is 12.3 Å². The van der Waals surface area contributed by atoms with Gasteiger partial charge in [-0.15, -0.1) is 0 Å². The van der Waals surface area contributed by atoms with Crippen molar-refractivity contribution in [3.63, 3.8) is 0 Å². The third kappa shape index (κ3) is 2.82. The summed E-state index contributed by atoms with van der Waals surface area (Å²) < 4.78 is 0.514. The molecule has 0 aliphatic carbocycles. The lowest BCUT2D eigenvalue weighted by Crippen LogP contribution is -2.28. The Morgan fingerprint density at radius 1 is 1.77 bits per heavy atom. The molecule has 1 fully saturated rings. The smallest absolute Gasteiger partial charge is 0.328 e. The summed E-state index contributed by atoms with van der Waals surface area (Å²) in [7, 11) is 0. The van der Waals surface area contributed by atoms with Gasteiger partial charge >= 0.3 is 5.97 Å². The van der Waals surface area contributed by atoms with Crippen molar-refractivity contribution in [1.29, 1.82) is 0 Å². The molecule has 1 N–H and O–H groups in total. The van der Waals surface area contributed by atoms with Gasteiger partial charge in [0.2, 0.25) is 5.91 Å². The van der Waals surface area contributed by atoms with Gasteiger partial charge in [0.25, 0.3) is 0 Å². The molecule has 70 valence electrons. The van der Waals surface area contributed by atoms with E-state index in [0.717, 1.165) is 6.08 Å². The van der Waals surface area contributed by atoms with E-state index in [2.05, 4.69) is 0 Å². The van der Waals surface area contributed by atoms with Crippen molar-refractivity contribution >= 4 is 40.2 Å². The summed E-state index contributed by atoms with van der Waals surface area (Å²) in [6.07, 6.45) is 2.40. The number of nitrogens with zero attached hydrogens (tertiary/aromatic N) is 1. The normalized spacial score (nSPS) is 17.4. The Hall–Kier alpha value is -0.880. The van der Waals surface area contributed by atoms with Gasteiger partial charge in [-0.2, -0.15) is 0 Å². The van der Waals surface area contributed by atoms with Crippen LogP contribution < -0.4 is 0 Å². The van der Waals surface area contributed by atoms with E-state index in [0.29, 0.717) is 10.1 Å². The van der Waals surface area contributed by atoms with Crippen LogP contribution in [0.15, 0.2) is 12.2 Å². The van der Waals surface area contributed by atoms with Crippen molar-refractivity contribution in [3.8, 4) is 0 Å². The fourth-order valence-electron chi connectivity index (χ4n) is 0.816. The Labute approximate surface area is 84.6 Å². The van der Waals surface area contributed by atoms with E-state index in [1.54, 1.807) is 0 Å². The first-order valence-corrected chi connectivity index (χ1v) is 4.87. The van der Waals surface area contributed by atoms with Gasteiger partial charge in [0.05, 0.1) is 5.75 Å². The largest absolute Gasteiger partial charge is 0.478 e. The maximum Gasteiger partial charge on any atom is 0.328 e. The topological polar surface area (TPSA) is 57.6 Å². The van der Waals surface area contributed by atoms with Crippen LogP contribution in [0.5, 0.6) is 0 Å². The Kier molecular flexibility index (Phi) is 3.44. The minimum atomic E-state index is -1.02. The molecule has 0 saturated carbocycles. The molecule has 0 atom stereocenters. The maximum atomic E-state index is 11.1. The number of amides is 1. The monoisotopic (exact) mass is 217 g/mol. The predicted octanol–water partition coefficient (Wildman–Crippen LogP) is 0.488. The molecule has 0 spiro atoms. The van der Waals surface area contributed by atoms with E-state index in [-0.39, 0.29) is 12.5 Å². The molecule has 0 bridgehead atoms. The number of hydrogen-bond acceptors (Lipinski definition) is 4. The van der Waals surface area contributed by atoms with Gasteiger partial charge in [0, 0.05) is 12.6 Å². The van der Waals surface area contributed by atoms with Crippen molar-refractivity contribution in [1.82, 2.24) is 4.90 Å². The minimum absolute atomic E-state index is 0.0648. The summed E-state index contributed by atoms with van der Waals surface area (Å²) in [6, 6.07) is 0. The van der Waals surface area contributed by atoms with Crippen LogP contribution in [0.25, 0.3) is 0 Å². The van der Waals surface area contributed by atoms with Crippen LogP contribution in [0.4, 0.5) is 0 Å². The first-order valence-electron chi connectivity index (χ1n) is 3.48. The molecule has 0 aromatic heterocycles. The van der Waals surface area contributed by atoms with Crippen LogP contribution in [0.2, 0.25) is 0 Å². The quantitative estimate of drug-likeness (QED) is 0.550. The van der Waals surface area contributed by atoms with Gasteiger partial charge in [0.1, 0.15) is 4.32 Å². The summed E-state index contributed by atoms with van der Waals surface area (Å²) in [5.41, 5.74) is 0. The van der Waals surface area contributed by atoms with Crippen LogP contribution in [0.1, 0.15) is 0 Å². The average molecular weight is 217 g/mol. The summed E-state index contributed by atoms with van der Waals surface area (Å²) in [6.45, 7) is 0.247. The summed E-state index contributed by atoms with van der Waals surface area (Å²) in [5.74, 6) is -0.727. The third-order valence-electron chi connectivity index (χ3n) is 1.39. The number of carboxylic acids is 1. The molecule has 1 aliphatic heterocycles. The highest BCUT2D eigenvalue weighted by molar-refractivity contribution is 8.23. The lowest BCUT2D eigenvalue weighted by Gasteiger charge is -2.10. The van der Waals surface area contributed by atoms with Crippen LogP contribution in [-0.4, -0.2) is 38.5 Å². The second-order valence-electron chi connectivity index (χ2n) is 2.30. The van der Waals surface area contributed by atoms with Gasteiger partial charge in [-0.05, 0) is 0 Å². The highest BCUT2D eigenvalue weighted by atomic mass is 32.2. The fraction of sp³-hybridized carbons (Fsp3) is 0.286. The highest BCUT2D eigenvalue weighted by Crippen LogP contribution is 2.18. The first kappa shape index (κ1) is 10.2. The van der Waals surface area contributed by atoms with E-state index in [4.69, 9.17) is 17.3 Å². The number of carbonyl (C=O) groups is 2. The van der Waals surface area contributed by atoms with Crippen molar-refractivity contribution in [2.24, 2.45) is 0 Å². The van der Waals surface area contributed by atoms with Crippen LogP contribution in [0.3, 0.4) is 0 Å². The number of thiocarbonyl (C=S) groups is 1. The number of rotatable bonds is 3. The molecule has 1 heterocycles. The molecule has 0 aromatic carbocycles. The number of carbonyl (C=O) groups excluding carboxylic acids is 1. The van der Waals surface area contributed by atoms with E-state index < -0.39 is 5.97 Å². The van der Waals surface area contributed by atoms with E-state index in [1.807, 2.05) is 0 Å². The average Bonchev–Trinajstić information content (AvgIpc) is 2.34. The second-order valence-corrected chi connectivity index (χ2v) is 3.91. The maximum absolute atomic E-state index is 11.1. The first-order chi connectivity index (χ1) is 6.11. The van der Waals surface area contributed by atoms with Crippen molar-refractivity contribution in [2.45, 2.75) is 0 Å².